The van der Waals surface area contributed by atoms with Gasteiger partial charge >= 0.3 is 0 Å². The number of rotatable bonds is 3. The smallest absolute Gasteiger partial charge is 0.116 e. The monoisotopic (exact) mass is 174 g/mol. The number of nitrogens with zero attached hydrogens (tertiary/aromatic N) is 1. The van der Waals surface area contributed by atoms with Gasteiger partial charge < -0.3 is 10.2 Å². The van der Waals surface area contributed by atoms with Crippen molar-refractivity contribution in [1.82, 2.24) is 10.2 Å². The number of hydrogen-bond acceptors (Lipinski definition) is 2. The van der Waals surface area contributed by atoms with Crippen LogP contribution in [0.5, 0.6) is 0 Å². The van der Waals surface area contributed by atoms with E-state index in [0.29, 0.717) is 6.54 Å². The largest absolute Gasteiger partial charge is 0.317 e. The van der Waals surface area contributed by atoms with Crippen molar-refractivity contribution in [2.45, 2.75) is 19.0 Å². The van der Waals surface area contributed by atoms with Crippen LogP contribution in [0.1, 0.15) is 12.8 Å². The minimum absolute atomic E-state index is 0.246. The van der Waals surface area contributed by atoms with Gasteiger partial charge in [0.05, 0.1) is 0 Å². The van der Waals surface area contributed by atoms with Crippen LogP contribution in [0.15, 0.2) is 0 Å². The SMILES string of the molecule is CNCC(F)C1CCCN(C)C1. The zero-order valence-corrected chi connectivity index (χ0v) is 8.02. The first-order valence-electron chi connectivity index (χ1n) is 4.71. The molecule has 12 heavy (non-hydrogen) atoms. The maximum atomic E-state index is 13.4. The number of piperidine rings is 1. The molecule has 1 saturated heterocycles. The van der Waals surface area contributed by atoms with Crippen LogP contribution in [0.4, 0.5) is 4.39 Å². The first-order valence-corrected chi connectivity index (χ1v) is 4.71. The highest BCUT2D eigenvalue weighted by atomic mass is 19.1. The van der Waals surface area contributed by atoms with E-state index in [1.807, 2.05) is 0 Å². The first-order chi connectivity index (χ1) is 5.74. The molecule has 2 atom stereocenters. The Morgan fingerprint density at radius 2 is 2.42 bits per heavy atom. The standard InChI is InChI=1S/C9H19FN2/c1-11-6-9(10)8-4-3-5-12(2)7-8/h8-9,11H,3-7H2,1-2H3. The Morgan fingerprint density at radius 3 is 3.00 bits per heavy atom. The summed E-state index contributed by atoms with van der Waals surface area (Å²) in [5, 5.41) is 2.89. The van der Waals surface area contributed by atoms with E-state index in [2.05, 4.69) is 17.3 Å². The molecule has 72 valence electrons. The van der Waals surface area contributed by atoms with Gasteiger partial charge in [-0.2, -0.15) is 0 Å². The van der Waals surface area contributed by atoms with Gasteiger partial charge in [0, 0.05) is 19.0 Å². The van der Waals surface area contributed by atoms with E-state index in [9.17, 15) is 4.39 Å². The Morgan fingerprint density at radius 1 is 1.67 bits per heavy atom. The Labute approximate surface area is 74.1 Å². The van der Waals surface area contributed by atoms with Crippen molar-refractivity contribution >= 4 is 0 Å². The third-order valence-corrected chi connectivity index (χ3v) is 2.57. The molecular formula is C9H19FN2. The number of hydrogen-bond donors (Lipinski definition) is 1. The summed E-state index contributed by atoms with van der Waals surface area (Å²) in [6.07, 6.45) is 1.52. The van der Waals surface area contributed by atoms with Crippen molar-refractivity contribution < 1.29 is 4.39 Å². The van der Waals surface area contributed by atoms with Crippen LogP contribution in [-0.4, -0.2) is 44.8 Å². The lowest BCUT2D eigenvalue weighted by molar-refractivity contribution is 0.126. The molecule has 0 saturated carbocycles. The molecule has 1 N–H and O–H groups in total. The fourth-order valence-corrected chi connectivity index (χ4v) is 1.86. The van der Waals surface area contributed by atoms with E-state index in [4.69, 9.17) is 0 Å². The van der Waals surface area contributed by atoms with E-state index in [1.54, 1.807) is 7.05 Å². The third-order valence-electron chi connectivity index (χ3n) is 2.57. The predicted octanol–water partition coefficient (Wildman–Crippen LogP) is 0.886. The second kappa shape index (κ2) is 4.77. The molecule has 0 radical (unpaired) electrons. The first kappa shape index (κ1) is 9.93. The molecule has 2 nitrogen and oxygen atoms in total. The minimum Gasteiger partial charge on any atom is -0.317 e. The zero-order valence-electron chi connectivity index (χ0n) is 8.02. The van der Waals surface area contributed by atoms with E-state index < -0.39 is 6.17 Å². The van der Waals surface area contributed by atoms with Crippen molar-refractivity contribution in [2.75, 3.05) is 33.7 Å². The molecule has 1 aliphatic rings. The van der Waals surface area contributed by atoms with Crippen LogP contribution in [0.25, 0.3) is 0 Å². The zero-order chi connectivity index (χ0) is 8.97. The summed E-state index contributed by atoms with van der Waals surface area (Å²) in [5.41, 5.74) is 0. The summed E-state index contributed by atoms with van der Waals surface area (Å²) in [5.74, 6) is 0.246. The topological polar surface area (TPSA) is 15.3 Å². The molecular weight excluding hydrogens is 155 g/mol. The van der Waals surface area contributed by atoms with Gasteiger partial charge in [-0.15, -0.1) is 0 Å². The Kier molecular flexibility index (Phi) is 3.95. The molecule has 0 bridgehead atoms. The van der Waals surface area contributed by atoms with Gasteiger partial charge in [-0.05, 0) is 33.5 Å². The number of likely N-dealkylation sites (tertiary alicyclic amines) is 1. The van der Waals surface area contributed by atoms with Crippen molar-refractivity contribution in [1.29, 1.82) is 0 Å². The summed E-state index contributed by atoms with van der Waals surface area (Å²) in [7, 11) is 3.87. The van der Waals surface area contributed by atoms with E-state index in [1.165, 1.54) is 0 Å². The molecule has 3 heteroatoms. The van der Waals surface area contributed by atoms with Gasteiger partial charge in [-0.3, -0.25) is 0 Å². The molecule has 1 rings (SSSR count). The number of alkyl halides is 1. The minimum atomic E-state index is -0.669. The highest BCUT2D eigenvalue weighted by Gasteiger charge is 2.24. The van der Waals surface area contributed by atoms with Crippen LogP contribution in [0.2, 0.25) is 0 Å². The quantitative estimate of drug-likeness (QED) is 0.683. The molecule has 1 fully saturated rings. The van der Waals surface area contributed by atoms with Crippen LogP contribution in [-0.2, 0) is 0 Å². The Hall–Kier alpha value is -0.150. The lowest BCUT2D eigenvalue weighted by atomic mass is 9.94. The lowest BCUT2D eigenvalue weighted by Gasteiger charge is -2.31. The molecule has 0 spiro atoms. The van der Waals surface area contributed by atoms with Crippen molar-refractivity contribution in [3.63, 3.8) is 0 Å². The van der Waals surface area contributed by atoms with Gasteiger partial charge in [-0.25, -0.2) is 4.39 Å². The highest BCUT2D eigenvalue weighted by molar-refractivity contribution is 4.77. The molecule has 0 amide bonds. The maximum Gasteiger partial charge on any atom is 0.116 e. The van der Waals surface area contributed by atoms with Crippen molar-refractivity contribution in [3.8, 4) is 0 Å². The normalized spacial score (nSPS) is 28.8. The second-order valence-corrected chi connectivity index (χ2v) is 3.74. The van der Waals surface area contributed by atoms with Gasteiger partial charge in [0.1, 0.15) is 6.17 Å². The average Bonchev–Trinajstić information content (AvgIpc) is 2.05. The molecule has 0 aliphatic carbocycles. The van der Waals surface area contributed by atoms with E-state index >= 15 is 0 Å². The molecule has 1 aliphatic heterocycles. The summed E-state index contributed by atoms with van der Waals surface area (Å²) in [6.45, 7) is 2.55. The Bertz CT molecular complexity index is 130. The summed E-state index contributed by atoms with van der Waals surface area (Å²) in [4.78, 5) is 2.22. The fraction of sp³-hybridized carbons (Fsp3) is 1.00. The summed E-state index contributed by atoms with van der Waals surface area (Å²) >= 11 is 0. The Balaban J connectivity index is 2.29. The van der Waals surface area contributed by atoms with E-state index in [-0.39, 0.29) is 5.92 Å². The lowest BCUT2D eigenvalue weighted by Crippen LogP contribution is -2.39. The van der Waals surface area contributed by atoms with Crippen molar-refractivity contribution in [2.24, 2.45) is 5.92 Å². The average molecular weight is 174 g/mol. The fourth-order valence-electron chi connectivity index (χ4n) is 1.86. The predicted molar refractivity (Wildman–Crippen MR) is 49.0 cm³/mol. The summed E-state index contributed by atoms with van der Waals surface area (Å²) < 4.78 is 13.4. The maximum absolute atomic E-state index is 13.4. The number of halogens is 1. The second-order valence-electron chi connectivity index (χ2n) is 3.74. The molecule has 0 aromatic carbocycles. The number of nitrogens with one attached hydrogen (secondary N) is 1. The van der Waals surface area contributed by atoms with Crippen LogP contribution >= 0.6 is 0 Å². The highest BCUT2D eigenvalue weighted by Crippen LogP contribution is 2.20. The van der Waals surface area contributed by atoms with Gasteiger partial charge in [0.15, 0.2) is 0 Å². The molecule has 0 aromatic heterocycles. The molecule has 1 heterocycles. The molecule has 0 aromatic rings. The van der Waals surface area contributed by atoms with Crippen LogP contribution in [0, 0.1) is 5.92 Å². The van der Waals surface area contributed by atoms with Gasteiger partial charge in [0.25, 0.3) is 0 Å². The van der Waals surface area contributed by atoms with E-state index in [0.717, 1.165) is 25.9 Å². The third kappa shape index (κ3) is 2.72. The van der Waals surface area contributed by atoms with Gasteiger partial charge in [-0.1, -0.05) is 0 Å². The molecule has 2 unspecified atom stereocenters. The van der Waals surface area contributed by atoms with Crippen molar-refractivity contribution in [3.05, 3.63) is 0 Å². The van der Waals surface area contributed by atoms with Crippen LogP contribution < -0.4 is 5.32 Å². The van der Waals surface area contributed by atoms with Crippen LogP contribution in [0.3, 0.4) is 0 Å². The summed E-state index contributed by atoms with van der Waals surface area (Å²) in [6, 6.07) is 0. The van der Waals surface area contributed by atoms with Gasteiger partial charge in [0.2, 0.25) is 0 Å².